The van der Waals surface area contributed by atoms with Crippen LogP contribution in [0, 0.1) is 0 Å². The summed E-state index contributed by atoms with van der Waals surface area (Å²) in [7, 11) is 1.78. The van der Waals surface area contributed by atoms with Crippen molar-refractivity contribution in [2.45, 2.75) is 19.9 Å². The van der Waals surface area contributed by atoms with Gasteiger partial charge in [-0.2, -0.15) is 5.10 Å². The molecule has 0 fully saturated rings. The maximum absolute atomic E-state index is 4.13. The van der Waals surface area contributed by atoms with Gasteiger partial charge in [0.1, 0.15) is 0 Å². The lowest BCUT2D eigenvalue weighted by Crippen LogP contribution is -2.37. The second kappa shape index (κ2) is 6.86. The van der Waals surface area contributed by atoms with Crippen molar-refractivity contribution < 1.29 is 0 Å². The van der Waals surface area contributed by atoms with Gasteiger partial charge >= 0.3 is 0 Å². The molecule has 1 aromatic heterocycles. The monoisotopic (exact) mass is 209 g/mol. The normalized spacial score (nSPS) is 11.5. The van der Waals surface area contributed by atoms with Gasteiger partial charge in [-0.05, 0) is 19.4 Å². The third kappa shape index (κ3) is 4.49. The summed E-state index contributed by atoms with van der Waals surface area (Å²) in [5, 5.41) is 10.5. The highest BCUT2D eigenvalue weighted by atomic mass is 15.3. The summed E-state index contributed by atoms with van der Waals surface area (Å²) in [5.74, 6) is 0.859. The van der Waals surface area contributed by atoms with Crippen LogP contribution >= 0.6 is 0 Å². The minimum absolute atomic E-state index is 0.859. The minimum atomic E-state index is 0.859. The molecule has 0 atom stereocenters. The molecule has 0 radical (unpaired) electrons. The van der Waals surface area contributed by atoms with E-state index in [1.165, 1.54) is 0 Å². The Morgan fingerprint density at radius 3 is 2.93 bits per heavy atom. The molecule has 0 saturated heterocycles. The predicted molar refractivity (Wildman–Crippen MR) is 61.9 cm³/mol. The number of guanidine groups is 1. The van der Waals surface area contributed by atoms with Crippen LogP contribution < -0.4 is 10.6 Å². The van der Waals surface area contributed by atoms with Crippen molar-refractivity contribution in [1.29, 1.82) is 0 Å². The molecule has 0 unspecified atom stereocenters. The van der Waals surface area contributed by atoms with E-state index in [2.05, 4.69) is 27.6 Å². The highest BCUT2D eigenvalue weighted by Gasteiger charge is 1.94. The van der Waals surface area contributed by atoms with Crippen LogP contribution in [0.5, 0.6) is 0 Å². The maximum Gasteiger partial charge on any atom is 0.190 e. The molecular weight excluding hydrogens is 190 g/mol. The van der Waals surface area contributed by atoms with Gasteiger partial charge in [-0.1, -0.05) is 0 Å². The number of aromatic nitrogens is 2. The molecule has 5 nitrogen and oxygen atoms in total. The molecule has 0 aromatic carbocycles. The first kappa shape index (κ1) is 11.6. The molecule has 0 aliphatic rings. The molecule has 5 heteroatoms. The van der Waals surface area contributed by atoms with E-state index in [1.807, 2.05) is 16.9 Å². The number of hydrogen-bond acceptors (Lipinski definition) is 2. The molecule has 0 aliphatic carbocycles. The van der Waals surface area contributed by atoms with E-state index in [-0.39, 0.29) is 0 Å². The molecule has 2 N–H and O–H groups in total. The van der Waals surface area contributed by atoms with Gasteiger partial charge < -0.3 is 10.6 Å². The zero-order chi connectivity index (χ0) is 10.9. The van der Waals surface area contributed by atoms with Gasteiger partial charge in [0.15, 0.2) is 5.96 Å². The molecule has 0 aliphatic heterocycles. The first-order valence-corrected chi connectivity index (χ1v) is 5.28. The highest BCUT2D eigenvalue weighted by Crippen LogP contribution is 1.87. The van der Waals surface area contributed by atoms with Gasteiger partial charge in [0, 0.05) is 39.1 Å². The van der Waals surface area contributed by atoms with E-state index in [0.717, 1.165) is 32.0 Å². The fourth-order valence-corrected chi connectivity index (χ4v) is 1.27. The van der Waals surface area contributed by atoms with Crippen LogP contribution in [0.25, 0.3) is 0 Å². The second-order valence-electron chi connectivity index (χ2n) is 3.15. The Balaban J connectivity index is 2.11. The summed E-state index contributed by atoms with van der Waals surface area (Å²) >= 11 is 0. The van der Waals surface area contributed by atoms with E-state index in [4.69, 9.17) is 0 Å². The predicted octanol–water partition coefficient (Wildman–Crippen LogP) is 0.458. The highest BCUT2D eigenvalue weighted by molar-refractivity contribution is 5.79. The van der Waals surface area contributed by atoms with E-state index in [1.54, 1.807) is 13.2 Å². The van der Waals surface area contributed by atoms with Crippen molar-refractivity contribution in [2.24, 2.45) is 4.99 Å². The first-order chi connectivity index (χ1) is 7.36. The third-order valence-electron chi connectivity index (χ3n) is 1.98. The lowest BCUT2D eigenvalue weighted by Gasteiger charge is -2.09. The Labute approximate surface area is 90.6 Å². The summed E-state index contributed by atoms with van der Waals surface area (Å²) in [6.45, 7) is 4.78. The van der Waals surface area contributed by atoms with Crippen LogP contribution in [0.1, 0.15) is 13.3 Å². The van der Waals surface area contributed by atoms with Gasteiger partial charge in [0.25, 0.3) is 0 Å². The van der Waals surface area contributed by atoms with E-state index < -0.39 is 0 Å². The van der Waals surface area contributed by atoms with Crippen molar-refractivity contribution in [3.8, 4) is 0 Å². The number of rotatable bonds is 5. The third-order valence-corrected chi connectivity index (χ3v) is 1.98. The zero-order valence-electron chi connectivity index (χ0n) is 9.40. The second-order valence-corrected chi connectivity index (χ2v) is 3.15. The van der Waals surface area contributed by atoms with Gasteiger partial charge in [0.2, 0.25) is 0 Å². The Hall–Kier alpha value is -1.52. The average molecular weight is 209 g/mol. The Bertz CT molecular complexity index is 278. The fourth-order valence-electron chi connectivity index (χ4n) is 1.27. The molecule has 0 saturated carbocycles. The smallest absolute Gasteiger partial charge is 0.190 e. The molecule has 1 rings (SSSR count). The summed E-state index contributed by atoms with van der Waals surface area (Å²) in [4.78, 5) is 4.08. The summed E-state index contributed by atoms with van der Waals surface area (Å²) in [5.41, 5.74) is 0. The van der Waals surface area contributed by atoms with Crippen LogP contribution in [-0.4, -0.2) is 35.9 Å². The standard InChI is InChI=1S/C10H19N5/c1-3-12-10(11-2)13-6-4-8-15-9-5-7-14-15/h5,7,9H,3-4,6,8H2,1-2H3,(H2,11,12,13). The lowest BCUT2D eigenvalue weighted by molar-refractivity contribution is 0.570. The van der Waals surface area contributed by atoms with Gasteiger partial charge in [0.05, 0.1) is 0 Å². The Morgan fingerprint density at radius 2 is 2.33 bits per heavy atom. The molecule has 1 aromatic rings. The molecule has 0 amide bonds. The molecule has 0 spiro atoms. The Kier molecular flexibility index (Phi) is 5.29. The van der Waals surface area contributed by atoms with E-state index in [0.29, 0.717) is 0 Å². The molecule has 84 valence electrons. The van der Waals surface area contributed by atoms with Crippen LogP contribution in [0.3, 0.4) is 0 Å². The van der Waals surface area contributed by atoms with Crippen molar-refractivity contribution >= 4 is 5.96 Å². The van der Waals surface area contributed by atoms with Gasteiger partial charge in [-0.15, -0.1) is 0 Å². The SMILES string of the molecule is CCNC(=NC)NCCCn1cccn1. The maximum atomic E-state index is 4.13. The van der Waals surface area contributed by atoms with Crippen LogP contribution in [0.15, 0.2) is 23.5 Å². The quantitative estimate of drug-likeness (QED) is 0.421. The molecule has 15 heavy (non-hydrogen) atoms. The lowest BCUT2D eigenvalue weighted by atomic mass is 10.4. The van der Waals surface area contributed by atoms with Gasteiger partial charge in [-0.3, -0.25) is 9.67 Å². The fraction of sp³-hybridized carbons (Fsp3) is 0.600. The number of hydrogen-bond donors (Lipinski definition) is 2. The number of aliphatic imine (C=N–C) groups is 1. The van der Waals surface area contributed by atoms with E-state index in [9.17, 15) is 0 Å². The summed E-state index contributed by atoms with van der Waals surface area (Å²) in [6, 6.07) is 1.94. The first-order valence-electron chi connectivity index (χ1n) is 5.28. The van der Waals surface area contributed by atoms with Crippen LogP contribution in [-0.2, 0) is 6.54 Å². The minimum Gasteiger partial charge on any atom is -0.357 e. The van der Waals surface area contributed by atoms with Crippen LogP contribution in [0.2, 0.25) is 0 Å². The number of aryl methyl sites for hydroxylation is 1. The number of nitrogens with one attached hydrogen (secondary N) is 2. The van der Waals surface area contributed by atoms with Crippen molar-refractivity contribution in [1.82, 2.24) is 20.4 Å². The van der Waals surface area contributed by atoms with Crippen molar-refractivity contribution in [3.63, 3.8) is 0 Å². The van der Waals surface area contributed by atoms with Crippen LogP contribution in [0.4, 0.5) is 0 Å². The van der Waals surface area contributed by atoms with Crippen molar-refractivity contribution in [2.75, 3.05) is 20.1 Å². The number of nitrogens with zero attached hydrogens (tertiary/aromatic N) is 3. The molecular formula is C10H19N5. The molecule has 0 bridgehead atoms. The topological polar surface area (TPSA) is 54.2 Å². The average Bonchev–Trinajstić information content (AvgIpc) is 2.75. The van der Waals surface area contributed by atoms with E-state index >= 15 is 0 Å². The largest absolute Gasteiger partial charge is 0.357 e. The summed E-state index contributed by atoms with van der Waals surface area (Å²) < 4.78 is 1.93. The van der Waals surface area contributed by atoms with Crippen molar-refractivity contribution in [3.05, 3.63) is 18.5 Å². The zero-order valence-corrected chi connectivity index (χ0v) is 9.40. The summed E-state index contributed by atoms with van der Waals surface area (Å²) in [6.07, 6.45) is 4.80. The van der Waals surface area contributed by atoms with Gasteiger partial charge in [-0.25, -0.2) is 0 Å². The Morgan fingerprint density at radius 1 is 1.47 bits per heavy atom. The molecule has 1 heterocycles.